The van der Waals surface area contributed by atoms with Crippen molar-refractivity contribution >= 4 is 32.6 Å². The number of nitrogens with zero attached hydrogens (tertiary/aromatic N) is 2. The Labute approximate surface area is 256 Å². The van der Waals surface area contributed by atoms with Crippen molar-refractivity contribution < 1.29 is 0 Å². The lowest BCUT2D eigenvalue weighted by molar-refractivity contribution is 0.645. The number of fused-ring (bicyclic) bond motifs is 6. The SMILES string of the molecule is CC1(C)c2ccccc2-c2c3c1cccc3cc1c3ccccc3n(-c3cc(-c4ccccc4)cc(-c4ccccc4)n3)c21. The van der Waals surface area contributed by atoms with Gasteiger partial charge in [-0.3, -0.25) is 4.57 Å². The number of hydrogen-bond donors (Lipinski definition) is 0. The molecule has 2 heterocycles. The molecule has 208 valence electrons. The minimum Gasteiger partial charge on any atom is -0.293 e. The van der Waals surface area contributed by atoms with Crippen LogP contribution in [0, 0.1) is 0 Å². The van der Waals surface area contributed by atoms with Crippen LogP contribution in [0.3, 0.4) is 0 Å². The molecule has 0 atom stereocenters. The highest BCUT2D eigenvalue weighted by atomic mass is 15.1. The van der Waals surface area contributed by atoms with Crippen molar-refractivity contribution in [2.75, 3.05) is 0 Å². The molecule has 0 spiro atoms. The van der Waals surface area contributed by atoms with E-state index in [1.807, 2.05) is 0 Å². The molecule has 0 saturated carbocycles. The molecule has 0 radical (unpaired) electrons. The van der Waals surface area contributed by atoms with Gasteiger partial charge in [0.25, 0.3) is 0 Å². The van der Waals surface area contributed by atoms with Gasteiger partial charge in [-0.1, -0.05) is 135 Å². The standard InChI is InChI=1S/C42H30N2/c1-42(2)34-21-11-9-20-32(34)40-39-29(18-13-22-35(39)42)24-33-31-19-10-12-23-37(31)44(41(33)40)38-26-30(27-14-5-3-6-15-27)25-36(43-38)28-16-7-4-8-17-28/h3-26H,1-2H3. The van der Waals surface area contributed by atoms with E-state index in [1.165, 1.54) is 54.9 Å². The summed E-state index contributed by atoms with van der Waals surface area (Å²) in [6.07, 6.45) is 0. The quantitative estimate of drug-likeness (QED) is 0.209. The van der Waals surface area contributed by atoms with Gasteiger partial charge in [-0.05, 0) is 62.9 Å². The zero-order chi connectivity index (χ0) is 29.4. The number of aromatic nitrogens is 2. The molecule has 0 bridgehead atoms. The van der Waals surface area contributed by atoms with E-state index in [0.717, 1.165) is 28.2 Å². The predicted molar refractivity (Wildman–Crippen MR) is 185 cm³/mol. The van der Waals surface area contributed by atoms with Crippen LogP contribution in [0.1, 0.15) is 25.0 Å². The molecular formula is C42H30N2. The zero-order valence-electron chi connectivity index (χ0n) is 24.8. The third-order valence-corrected chi connectivity index (χ3v) is 9.56. The van der Waals surface area contributed by atoms with E-state index in [0.29, 0.717) is 0 Å². The second-order valence-electron chi connectivity index (χ2n) is 12.4. The molecule has 2 heteroatoms. The average molecular weight is 563 g/mol. The molecule has 0 fully saturated rings. The fraction of sp³-hybridized carbons (Fsp3) is 0.0714. The lowest BCUT2D eigenvalue weighted by Gasteiger charge is -2.35. The number of rotatable bonds is 3. The Bertz CT molecular complexity index is 2340. The Morgan fingerprint density at radius 3 is 2.05 bits per heavy atom. The number of pyridine rings is 1. The van der Waals surface area contributed by atoms with Gasteiger partial charge in [0.05, 0.1) is 16.7 Å². The molecule has 8 aromatic rings. The molecule has 44 heavy (non-hydrogen) atoms. The molecule has 2 aromatic heterocycles. The lowest BCUT2D eigenvalue weighted by atomic mass is 9.68. The molecule has 0 aliphatic heterocycles. The Balaban J connectivity index is 1.48. The zero-order valence-corrected chi connectivity index (χ0v) is 24.8. The van der Waals surface area contributed by atoms with Crippen LogP contribution in [0.15, 0.2) is 146 Å². The van der Waals surface area contributed by atoms with Gasteiger partial charge in [0.2, 0.25) is 0 Å². The van der Waals surface area contributed by atoms with Gasteiger partial charge < -0.3 is 0 Å². The number of benzene rings is 6. The van der Waals surface area contributed by atoms with Crippen molar-refractivity contribution in [3.63, 3.8) is 0 Å². The van der Waals surface area contributed by atoms with Crippen molar-refractivity contribution in [3.05, 3.63) is 157 Å². The first-order valence-corrected chi connectivity index (χ1v) is 15.3. The van der Waals surface area contributed by atoms with Gasteiger partial charge in [0.1, 0.15) is 5.82 Å². The monoisotopic (exact) mass is 562 g/mol. The molecule has 6 aromatic carbocycles. The van der Waals surface area contributed by atoms with Crippen molar-refractivity contribution in [2.45, 2.75) is 19.3 Å². The van der Waals surface area contributed by atoms with E-state index < -0.39 is 0 Å². The summed E-state index contributed by atoms with van der Waals surface area (Å²) < 4.78 is 2.42. The summed E-state index contributed by atoms with van der Waals surface area (Å²) in [5, 5.41) is 5.12. The van der Waals surface area contributed by atoms with E-state index >= 15 is 0 Å². The van der Waals surface area contributed by atoms with Gasteiger partial charge in [-0.15, -0.1) is 0 Å². The summed E-state index contributed by atoms with van der Waals surface area (Å²) in [7, 11) is 0. The highest BCUT2D eigenvalue weighted by Gasteiger charge is 2.35. The fourth-order valence-corrected chi connectivity index (χ4v) is 7.50. The summed E-state index contributed by atoms with van der Waals surface area (Å²) >= 11 is 0. The van der Waals surface area contributed by atoms with Crippen molar-refractivity contribution in [2.24, 2.45) is 0 Å². The van der Waals surface area contributed by atoms with Crippen LogP contribution >= 0.6 is 0 Å². The average Bonchev–Trinajstić information content (AvgIpc) is 3.41. The predicted octanol–water partition coefficient (Wildman–Crippen LogP) is 11.0. The molecule has 0 N–H and O–H groups in total. The van der Waals surface area contributed by atoms with Crippen LogP contribution in [-0.2, 0) is 5.41 Å². The van der Waals surface area contributed by atoms with Crippen molar-refractivity contribution in [1.29, 1.82) is 0 Å². The molecule has 0 saturated heterocycles. The van der Waals surface area contributed by atoms with E-state index in [4.69, 9.17) is 4.98 Å². The fourth-order valence-electron chi connectivity index (χ4n) is 7.50. The van der Waals surface area contributed by atoms with E-state index in [-0.39, 0.29) is 5.41 Å². The smallest absolute Gasteiger partial charge is 0.138 e. The van der Waals surface area contributed by atoms with Crippen LogP contribution in [0.4, 0.5) is 0 Å². The van der Waals surface area contributed by atoms with Gasteiger partial charge in [0, 0.05) is 27.3 Å². The Morgan fingerprint density at radius 1 is 0.545 bits per heavy atom. The summed E-state index contributed by atoms with van der Waals surface area (Å²) in [5.41, 5.74) is 12.0. The molecule has 1 aliphatic rings. The topological polar surface area (TPSA) is 17.8 Å². The van der Waals surface area contributed by atoms with Gasteiger partial charge in [0.15, 0.2) is 0 Å². The number of para-hydroxylation sites is 1. The molecule has 9 rings (SSSR count). The molecule has 2 nitrogen and oxygen atoms in total. The Hall–Kier alpha value is -5.47. The minimum atomic E-state index is -0.112. The first kappa shape index (κ1) is 25.1. The van der Waals surface area contributed by atoms with Crippen LogP contribution in [0.5, 0.6) is 0 Å². The van der Waals surface area contributed by atoms with Crippen LogP contribution < -0.4 is 0 Å². The molecule has 1 aliphatic carbocycles. The molecule has 0 amide bonds. The summed E-state index contributed by atoms with van der Waals surface area (Å²) in [6.45, 7) is 4.72. The third-order valence-electron chi connectivity index (χ3n) is 9.56. The largest absolute Gasteiger partial charge is 0.293 e. The van der Waals surface area contributed by atoms with Crippen LogP contribution in [0.2, 0.25) is 0 Å². The van der Waals surface area contributed by atoms with E-state index in [9.17, 15) is 0 Å². The van der Waals surface area contributed by atoms with Crippen molar-refractivity contribution in [1.82, 2.24) is 9.55 Å². The maximum absolute atomic E-state index is 5.42. The maximum atomic E-state index is 5.42. The summed E-state index contributed by atoms with van der Waals surface area (Å²) in [5.74, 6) is 0.923. The highest BCUT2D eigenvalue weighted by Crippen LogP contribution is 2.52. The summed E-state index contributed by atoms with van der Waals surface area (Å²) in [6, 6.07) is 52.7. The van der Waals surface area contributed by atoms with E-state index in [1.54, 1.807) is 0 Å². The Morgan fingerprint density at radius 2 is 1.23 bits per heavy atom. The Kier molecular flexibility index (Phi) is 5.28. The summed E-state index contributed by atoms with van der Waals surface area (Å²) in [4.78, 5) is 5.42. The maximum Gasteiger partial charge on any atom is 0.138 e. The van der Waals surface area contributed by atoms with Crippen LogP contribution in [-0.4, -0.2) is 9.55 Å². The molecule has 0 unspecified atom stereocenters. The highest BCUT2D eigenvalue weighted by molar-refractivity contribution is 6.23. The van der Waals surface area contributed by atoms with E-state index in [2.05, 4.69) is 164 Å². The normalized spacial score (nSPS) is 13.4. The first-order valence-electron chi connectivity index (χ1n) is 15.3. The first-order chi connectivity index (χ1) is 21.6. The minimum absolute atomic E-state index is 0.112. The van der Waals surface area contributed by atoms with Gasteiger partial charge >= 0.3 is 0 Å². The number of hydrogen-bond acceptors (Lipinski definition) is 1. The lowest BCUT2D eigenvalue weighted by Crippen LogP contribution is -2.23. The van der Waals surface area contributed by atoms with Gasteiger partial charge in [-0.2, -0.15) is 0 Å². The van der Waals surface area contributed by atoms with Crippen molar-refractivity contribution in [3.8, 4) is 39.3 Å². The second-order valence-corrected chi connectivity index (χ2v) is 12.4. The molecular weight excluding hydrogens is 532 g/mol. The van der Waals surface area contributed by atoms with Gasteiger partial charge in [-0.25, -0.2) is 4.98 Å². The second kappa shape index (κ2) is 9.26. The third kappa shape index (κ3) is 3.52. The van der Waals surface area contributed by atoms with Crippen LogP contribution in [0.25, 0.3) is 71.9 Å².